The van der Waals surface area contributed by atoms with E-state index in [0.717, 1.165) is 17.7 Å². The molecule has 0 aromatic carbocycles. The van der Waals surface area contributed by atoms with Gasteiger partial charge >= 0.3 is 18.2 Å². The Balaban J connectivity index is 2.47. The summed E-state index contributed by atoms with van der Waals surface area (Å²) in [7, 11) is 0. The number of amides is 2. The largest absolute Gasteiger partial charge is 0.480 e. The quantitative estimate of drug-likeness (QED) is 0.781. The van der Waals surface area contributed by atoms with Gasteiger partial charge in [-0.15, -0.1) is 0 Å². The minimum absolute atomic E-state index is 0.267. The van der Waals surface area contributed by atoms with Crippen molar-refractivity contribution in [3.63, 3.8) is 0 Å². The monoisotopic (exact) mass is 282 g/mol. The lowest BCUT2D eigenvalue weighted by Crippen LogP contribution is -2.47. The van der Waals surface area contributed by atoms with Crippen molar-refractivity contribution in [3.8, 4) is 0 Å². The Hall–Kier alpha value is -1.47. The maximum Gasteiger partial charge on any atom is 0.391 e. The average molecular weight is 282 g/mol. The molecule has 8 heteroatoms. The Labute approximate surface area is 108 Å². The molecule has 1 aliphatic carbocycles. The van der Waals surface area contributed by atoms with Gasteiger partial charge in [0.1, 0.15) is 6.54 Å². The zero-order valence-electron chi connectivity index (χ0n) is 10.5. The summed E-state index contributed by atoms with van der Waals surface area (Å²) < 4.78 is 36.4. The van der Waals surface area contributed by atoms with Crippen molar-refractivity contribution in [3.05, 3.63) is 0 Å². The van der Waals surface area contributed by atoms with E-state index in [2.05, 4.69) is 5.32 Å². The van der Waals surface area contributed by atoms with Crippen LogP contribution in [-0.2, 0) is 4.79 Å². The Morgan fingerprint density at radius 1 is 1.42 bits per heavy atom. The van der Waals surface area contributed by atoms with Crippen molar-refractivity contribution in [1.29, 1.82) is 0 Å². The molecule has 110 valence electrons. The van der Waals surface area contributed by atoms with Crippen molar-refractivity contribution >= 4 is 12.0 Å². The number of carboxylic acids is 1. The number of carbonyl (C=O) groups is 2. The third kappa shape index (κ3) is 6.88. The van der Waals surface area contributed by atoms with E-state index in [1.54, 1.807) is 0 Å². The van der Waals surface area contributed by atoms with Gasteiger partial charge in [0, 0.05) is 12.6 Å². The summed E-state index contributed by atoms with van der Waals surface area (Å²) in [6.45, 7) is 1.01. The van der Waals surface area contributed by atoms with Gasteiger partial charge < -0.3 is 15.3 Å². The van der Waals surface area contributed by atoms with E-state index < -0.39 is 37.2 Å². The highest BCUT2D eigenvalue weighted by Gasteiger charge is 2.32. The Morgan fingerprint density at radius 3 is 2.42 bits per heavy atom. The van der Waals surface area contributed by atoms with Crippen LogP contribution in [0.4, 0.5) is 18.0 Å². The van der Waals surface area contributed by atoms with Crippen LogP contribution in [0, 0.1) is 5.92 Å². The Bertz CT molecular complexity index is 343. The molecule has 1 aliphatic rings. The van der Waals surface area contributed by atoms with Gasteiger partial charge in [-0.3, -0.25) is 4.79 Å². The van der Waals surface area contributed by atoms with E-state index >= 15 is 0 Å². The van der Waals surface area contributed by atoms with E-state index in [0.29, 0.717) is 0 Å². The molecule has 5 nitrogen and oxygen atoms in total. The first-order valence-corrected chi connectivity index (χ1v) is 6.01. The third-order valence-electron chi connectivity index (χ3n) is 2.70. The minimum Gasteiger partial charge on any atom is -0.480 e. The maximum atomic E-state index is 12.1. The lowest BCUT2D eigenvalue weighted by Gasteiger charge is -2.24. The second-order valence-corrected chi connectivity index (χ2v) is 4.89. The normalized spacial score (nSPS) is 16.8. The predicted octanol–water partition coefficient (Wildman–Crippen LogP) is 1.83. The standard InChI is InChI=1S/C11H17F3N2O3/c1-7(4-11(12,13)14)15-10(19)16(6-9(17)18)5-8-2-3-8/h7-8H,2-6H2,1H3,(H,15,19)(H,17,18). The predicted molar refractivity (Wildman–Crippen MR) is 60.6 cm³/mol. The number of aliphatic carboxylic acids is 1. The lowest BCUT2D eigenvalue weighted by molar-refractivity contribution is -0.140. The van der Waals surface area contributed by atoms with Crippen LogP contribution in [0.2, 0.25) is 0 Å². The molecule has 0 spiro atoms. The fourth-order valence-electron chi connectivity index (χ4n) is 1.69. The fraction of sp³-hybridized carbons (Fsp3) is 0.818. The van der Waals surface area contributed by atoms with Gasteiger partial charge in [-0.2, -0.15) is 13.2 Å². The number of hydrogen-bond donors (Lipinski definition) is 2. The molecule has 19 heavy (non-hydrogen) atoms. The summed E-state index contributed by atoms with van der Waals surface area (Å²) in [4.78, 5) is 23.4. The highest BCUT2D eigenvalue weighted by atomic mass is 19.4. The molecule has 1 atom stereocenters. The summed E-state index contributed by atoms with van der Waals surface area (Å²) in [6.07, 6.45) is -3.66. The van der Waals surface area contributed by atoms with Crippen molar-refractivity contribution in [1.82, 2.24) is 10.2 Å². The molecule has 1 rings (SSSR count). The maximum absolute atomic E-state index is 12.1. The number of halogens is 3. The van der Waals surface area contributed by atoms with Gasteiger partial charge in [0.05, 0.1) is 6.42 Å². The zero-order valence-corrected chi connectivity index (χ0v) is 10.5. The molecule has 0 aromatic heterocycles. The molecule has 0 saturated heterocycles. The first-order valence-electron chi connectivity index (χ1n) is 6.01. The van der Waals surface area contributed by atoms with Gasteiger partial charge in [-0.1, -0.05) is 0 Å². The first kappa shape index (κ1) is 15.6. The fourth-order valence-corrected chi connectivity index (χ4v) is 1.69. The van der Waals surface area contributed by atoms with Crippen LogP contribution in [0.1, 0.15) is 26.2 Å². The Kier molecular flexibility index (Phi) is 5.02. The number of nitrogens with one attached hydrogen (secondary N) is 1. The molecule has 0 bridgehead atoms. The lowest BCUT2D eigenvalue weighted by atomic mass is 10.2. The van der Waals surface area contributed by atoms with Crippen LogP contribution in [0.15, 0.2) is 0 Å². The first-order chi connectivity index (χ1) is 8.67. The summed E-state index contributed by atoms with van der Waals surface area (Å²) in [5.41, 5.74) is 0. The molecule has 0 aromatic rings. The number of carbonyl (C=O) groups excluding carboxylic acids is 1. The van der Waals surface area contributed by atoms with Crippen LogP contribution in [0.5, 0.6) is 0 Å². The summed E-state index contributed by atoms with van der Waals surface area (Å²) in [5.74, 6) is -0.915. The highest BCUT2D eigenvalue weighted by molar-refractivity contribution is 5.80. The second kappa shape index (κ2) is 6.12. The van der Waals surface area contributed by atoms with Crippen LogP contribution in [0.3, 0.4) is 0 Å². The number of hydrogen-bond acceptors (Lipinski definition) is 2. The van der Waals surface area contributed by atoms with Crippen molar-refractivity contribution in [2.45, 2.75) is 38.4 Å². The molecule has 1 fully saturated rings. The highest BCUT2D eigenvalue weighted by Crippen LogP contribution is 2.29. The number of urea groups is 1. The average Bonchev–Trinajstić information content (AvgIpc) is 2.96. The van der Waals surface area contributed by atoms with Crippen molar-refractivity contribution in [2.24, 2.45) is 5.92 Å². The number of alkyl halides is 3. The van der Waals surface area contributed by atoms with Crippen molar-refractivity contribution < 1.29 is 27.9 Å². The summed E-state index contributed by atoms with van der Waals surface area (Å²) in [6, 6.07) is -1.84. The zero-order chi connectivity index (χ0) is 14.6. The van der Waals surface area contributed by atoms with Gasteiger partial charge in [-0.25, -0.2) is 4.79 Å². The van der Waals surface area contributed by atoms with E-state index in [-0.39, 0.29) is 12.5 Å². The topological polar surface area (TPSA) is 69.6 Å². The molecule has 0 radical (unpaired) electrons. The molecule has 1 unspecified atom stereocenters. The SMILES string of the molecule is CC(CC(F)(F)F)NC(=O)N(CC(=O)O)CC1CC1. The van der Waals surface area contributed by atoms with E-state index in [1.165, 1.54) is 6.92 Å². The van der Waals surface area contributed by atoms with Gasteiger partial charge in [0.2, 0.25) is 0 Å². The summed E-state index contributed by atoms with van der Waals surface area (Å²) in [5, 5.41) is 10.9. The van der Waals surface area contributed by atoms with Crippen LogP contribution in [0.25, 0.3) is 0 Å². The smallest absolute Gasteiger partial charge is 0.391 e. The summed E-state index contributed by atoms with van der Waals surface area (Å²) >= 11 is 0. The minimum atomic E-state index is -4.36. The molecule has 2 N–H and O–H groups in total. The van der Waals surface area contributed by atoms with Gasteiger partial charge in [0.15, 0.2) is 0 Å². The number of rotatable bonds is 6. The molecular formula is C11H17F3N2O3. The number of carboxylic acid groups (broad SMARTS) is 1. The van der Waals surface area contributed by atoms with Crippen LogP contribution in [-0.4, -0.2) is 47.3 Å². The molecular weight excluding hydrogens is 265 g/mol. The number of nitrogens with zero attached hydrogens (tertiary/aromatic N) is 1. The second-order valence-electron chi connectivity index (χ2n) is 4.89. The molecule has 0 heterocycles. The van der Waals surface area contributed by atoms with Gasteiger partial charge in [-0.05, 0) is 25.7 Å². The molecule has 2 amide bonds. The van der Waals surface area contributed by atoms with Gasteiger partial charge in [0.25, 0.3) is 0 Å². The Morgan fingerprint density at radius 2 is 2.00 bits per heavy atom. The third-order valence-corrected chi connectivity index (χ3v) is 2.70. The molecule has 1 saturated carbocycles. The van der Waals surface area contributed by atoms with Crippen LogP contribution >= 0.6 is 0 Å². The van der Waals surface area contributed by atoms with Crippen LogP contribution < -0.4 is 5.32 Å². The van der Waals surface area contributed by atoms with E-state index in [9.17, 15) is 22.8 Å². The molecule has 0 aliphatic heterocycles. The van der Waals surface area contributed by atoms with E-state index in [4.69, 9.17) is 5.11 Å². The van der Waals surface area contributed by atoms with Crippen molar-refractivity contribution in [2.75, 3.05) is 13.1 Å². The van der Waals surface area contributed by atoms with E-state index in [1.807, 2.05) is 0 Å².